The lowest BCUT2D eigenvalue weighted by Crippen LogP contribution is -2.35. The number of thiophene rings is 1. The van der Waals surface area contributed by atoms with Crippen LogP contribution in [-0.2, 0) is 22.8 Å². The Bertz CT molecular complexity index is 1320. The van der Waals surface area contributed by atoms with E-state index in [-0.39, 0.29) is 20.8 Å². The van der Waals surface area contributed by atoms with Gasteiger partial charge in [-0.3, -0.25) is 4.72 Å². The van der Waals surface area contributed by atoms with Crippen LogP contribution in [0.2, 0.25) is 4.34 Å². The lowest BCUT2D eigenvalue weighted by molar-refractivity contribution is -0.139. The Hall–Kier alpha value is -2.31. The minimum atomic E-state index is -4.67. The molecule has 0 spiro atoms. The molecule has 2 aromatic carbocycles. The molecule has 35 heavy (non-hydrogen) atoms. The molecule has 3 aromatic rings. The number of benzene rings is 2. The van der Waals surface area contributed by atoms with Gasteiger partial charge in [-0.15, -0.1) is 11.3 Å². The van der Waals surface area contributed by atoms with Gasteiger partial charge in [-0.2, -0.15) is 13.2 Å². The average molecular weight is 547 g/mol. The molecule has 0 unspecified atom stereocenters. The second kappa shape index (κ2) is 9.62. The number of sulfonamides is 1. The van der Waals surface area contributed by atoms with Gasteiger partial charge in [-0.1, -0.05) is 35.9 Å². The second-order valence-corrected chi connectivity index (χ2v) is 12.0. The lowest BCUT2D eigenvalue weighted by atomic mass is 10.1. The molecule has 1 saturated heterocycles. The van der Waals surface area contributed by atoms with E-state index in [0.29, 0.717) is 36.2 Å². The van der Waals surface area contributed by atoms with E-state index in [1.165, 1.54) is 6.07 Å². The van der Waals surface area contributed by atoms with Crippen molar-refractivity contribution >= 4 is 38.6 Å². The maximum atomic E-state index is 13.6. The summed E-state index contributed by atoms with van der Waals surface area (Å²) in [6.07, 6.45) is -4.16. The number of aliphatic hydroxyl groups excluding tert-OH is 1. The van der Waals surface area contributed by atoms with E-state index in [1.54, 1.807) is 31.2 Å². The third-order valence-electron chi connectivity index (χ3n) is 5.60. The number of anilines is 1. The number of halogens is 4. The number of alkyl halides is 3. The summed E-state index contributed by atoms with van der Waals surface area (Å²) < 4.78 is 75.0. The first kappa shape index (κ1) is 25.8. The summed E-state index contributed by atoms with van der Waals surface area (Å²) in [5, 5.41) is 12.2. The minimum Gasteiger partial charge on any atom is -0.485 e. The third kappa shape index (κ3) is 5.75. The minimum absolute atomic E-state index is 0.0686. The average Bonchev–Trinajstić information content (AvgIpc) is 3.39. The van der Waals surface area contributed by atoms with Gasteiger partial charge in [0.2, 0.25) is 0 Å². The first-order valence-electron chi connectivity index (χ1n) is 10.5. The number of aliphatic hydroxyl groups is 1. The highest BCUT2D eigenvalue weighted by Crippen LogP contribution is 2.41. The van der Waals surface area contributed by atoms with E-state index in [1.807, 2.05) is 0 Å². The predicted molar refractivity (Wildman–Crippen MR) is 129 cm³/mol. The number of rotatable bonds is 7. The molecule has 6 nitrogen and oxygen atoms in total. The molecule has 1 fully saturated rings. The van der Waals surface area contributed by atoms with E-state index in [9.17, 15) is 26.7 Å². The molecule has 12 heteroatoms. The van der Waals surface area contributed by atoms with Crippen LogP contribution in [0.3, 0.4) is 0 Å². The van der Waals surface area contributed by atoms with Crippen LogP contribution in [-0.4, -0.2) is 32.2 Å². The Morgan fingerprint density at radius 3 is 2.51 bits per heavy atom. The van der Waals surface area contributed by atoms with Gasteiger partial charge < -0.3 is 15.2 Å². The Labute approximate surface area is 209 Å². The second-order valence-electron chi connectivity index (χ2n) is 8.40. The summed E-state index contributed by atoms with van der Waals surface area (Å²) in [6.45, 7) is 2.55. The molecule has 1 aliphatic rings. The summed E-state index contributed by atoms with van der Waals surface area (Å²) in [5.41, 5.74) is -0.0631. The number of ether oxygens (including phenoxy) is 1. The first-order chi connectivity index (χ1) is 16.4. The van der Waals surface area contributed by atoms with Crippen molar-refractivity contribution in [2.24, 2.45) is 0 Å². The molecule has 1 aromatic heterocycles. The zero-order valence-corrected chi connectivity index (χ0v) is 20.8. The van der Waals surface area contributed by atoms with E-state index in [0.717, 1.165) is 29.5 Å². The molecular formula is C23H22ClF3N2O4S2. The molecular weight excluding hydrogens is 525 g/mol. The largest absolute Gasteiger partial charge is 0.485 e. The monoisotopic (exact) mass is 546 g/mol. The normalized spacial score (nSPS) is 18.6. The SMILES string of the molecule is C[C@@]1(Oc2cc(NS(=O)(=O)c3cc(-c4ccc(CO)cc4)c(Cl)s3)ccc2C(F)(F)F)CCNC1. The summed E-state index contributed by atoms with van der Waals surface area (Å²) in [6, 6.07) is 11.1. The summed E-state index contributed by atoms with van der Waals surface area (Å²) in [5.74, 6) is -0.447. The molecule has 2 heterocycles. The van der Waals surface area contributed by atoms with Gasteiger partial charge in [0.1, 0.15) is 19.9 Å². The fraction of sp³-hybridized carbons (Fsp3) is 0.304. The van der Waals surface area contributed by atoms with E-state index < -0.39 is 33.1 Å². The Balaban J connectivity index is 1.63. The van der Waals surface area contributed by atoms with Crippen molar-refractivity contribution in [1.29, 1.82) is 0 Å². The molecule has 1 atom stereocenters. The zero-order chi connectivity index (χ0) is 25.4. The van der Waals surface area contributed by atoms with Crippen LogP contribution >= 0.6 is 22.9 Å². The molecule has 0 amide bonds. The van der Waals surface area contributed by atoms with Gasteiger partial charge >= 0.3 is 6.18 Å². The number of hydrogen-bond donors (Lipinski definition) is 3. The molecule has 3 N–H and O–H groups in total. The van der Waals surface area contributed by atoms with Crippen molar-refractivity contribution in [2.75, 3.05) is 17.8 Å². The fourth-order valence-corrected chi connectivity index (χ4v) is 6.54. The van der Waals surface area contributed by atoms with Crippen molar-refractivity contribution in [3.8, 4) is 16.9 Å². The highest BCUT2D eigenvalue weighted by Gasteiger charge is 2.38. The highest BCUT2D eigenvalue weighted by molar-refractivity contribution is 7.94. The summed E-state index contributed by atoms with van der Waals surface area (Å²) in [4.78, 5) is 0. The Kier molecular flexibility index (Phi) is 7.09. The van der Waals surface area contributed by atoms with Crippen LogP contribution < -0.4 is 14.8 Å². The predicted octanol–water partition coefficient (Wildman–Crippen LogP) is 5.51. The standard InChI is InChI=1S/C23H22ClF3N2O4S2/c1-22(8-9-28-13-22)33-19-10-16(6-7-18(19)23(25,26)27)29-35(31,32)20-11-17(21(24)34-20)15-4-2-14(12-30)3-5-15/h2-7,10-11,28-30H,8-9,12-13H2,1H3/t22-/m1/s1. The van der Waals surface area contributed by atoms with Gasteiger partial charge in [0, 0.05) is 24.6 Å². The maximum Gasteiger partial charge on any atom is 0.419 e. The highest BCUT2D eigenvalue weighted by atomic mass is 35.5. The lowest BCUT2D eigenvalue weighted by Gasteiger charge is -2.27. The van der Waals surface area contributed by atoms with Crippen molar-refractivity contribution in [2.45, 2.75) is 35.9 Å². The Morgan fingerprint density at radius 1 is 1.20 bits per heavy atom. The van der Waals surface area contributed by atoms with Crippen LogP contribution in [0.4, 0.5) is 18.9 Å². The molecule has 0 aliphatic carbocycles. The van der Waals surface area contributed by atoms with Gasteiger partial charge in [0.15, 0.2) is 0 Å². The van der Waals surface area contributed by atoms with Crippen LogP contribution in [0.15, 0.2) is 52.7 Å². The van der Waals surface area contributed by atoms with Crippen molar-refractivity contribution < 1.29 is 31.4 Å². The van der Waals surface area contributed by atoms with Crippen LogP contribution in [0, 0.1) is 0 Å². The summed E-state index contributed by atoms with van der Waals surface area (Å²) >= 11 is 7.12. The number of nitrogens with one attached hydrogen (secondary N) is 2. The van der Waals surface area contributed by atoms with Crippen molar-refractivity contribution in [1.82, 2.24) is 5.32 Å². The number of hydrogen-bond acceptors (Lipinski definition) is 6. The van der Waals surface area contributed by atoms with Gasteiger partial charge in [-0.25, -0.2) is 8.42 Å². The zero-order valence-electron chi connectivity index (χ0n) is 18.4. The molecule has 0 bridgehead atoms. The van der Waals surface area contributed by atoms with E-state index in [2.05, 4.69) is 10.0 Å². The topological polar surface area (TPSA) is 87.7 Å². The smallest absolute Gasteiger partial charge is 0.419 e. The third-order valence-corrected chi connectivity index (χ3v) is 8.82. The van der Waals surface area contributed by atoms with Gasteiger partial charge in [-0.05, 0) is 42.8 Å². The first-order valence-corrected chi connectivity index (χ1v) is 13.2. The quantitative estimate of drug-likeness (QED) is 0.364. The molecule has 188 valence electrons. The van der Waals surface area contributed by atoms with E-state index in [4.69, 9.17) is 16.3 Å². The summed E-state index contributed by atoms with van der Waals surface area (Å²) in [7, 11) is -4.15. The molecule has 0 radical (unpaired) electrons. The fourth-order valence-electron chi connectivity index (χ4n) is 3.72. The van der Waals surface area contributed by atoms with Gasteiger partial charge in [0.05, 0.1) is 17.9 Å². The van der Waals surface area contributed by atoms with Crippen molar-refractivity contribution in [3.63, 3.8) is 0 Å². The molecule has 1 aliphatic heterocycles. The maximum absolute atomic E-state index is 13.6. The van der Waals surface area contributed by atoms with Crippen molar-refractivity contribution in [3.05, 3.63) is 64.0 Å². The molecule has 0 saturated carbocycles. The van der Waals surface area contributed by atoms with Crippen LogP contribution in [0.1, 0.15) is 24.5 Å². The molecule has 4 rings (SSSR count). The van der Waals surface area contributed by atoms with Gasteiger partial charge in [0.25, 0.3) is 10.0 Å². The van der Waals surface area contributed by atoms with Crippen LogP contribution in [0.5, 0.6) is 5.75 Å². The Morgan fingerprint density at radius 2 is 1.91 bits per heavy atom. The van der Waals surface area contributed by atoms with Crippen LogP contribution in [0.25, 0.3) is 11.1 Å². The van der Waals surface area contributed by atoms with E-state index >= 15 is 0 Å².